The van der Waals surface area contributed by atoms with Gasteiger partial charge in [0.25, 0.3) is 5.91 Å². The second kappa shape index (κ2) is 9.56. The van der Waals surface area contributed by atoms with Gasteiger partial charge in [0.1, 0.15) is 5.75 Å². The molecule has 7 nitrogen and oxygen atoms in total. The van der Waals surface area contributed by atoms with Crippen LogP contribution >= 0.6 is 0 Å². The van der Waals surface area contributed by atoms with Crippen LogP contribution in [0.1, 0.15) is 24.2 Å². The van der Waals surface area contributed by atoms with Crippen LogP contribution in [0.5, 0.6) is 5.75 Å². The first-order chi connectivity index (χ1) is 14.5. The molecule has 2 amide bonds. The quantitative estimate of drug-likeness (QED) is 0.579. The van der Waals surface area contributed by atoms with Crippen LogP contribution in [0, 0.1) is 0 Å². The van der Waals surface area contributed by atoms with Gasteiger partial charge >= 0.3 is 5.97 Å². The van der Waals surface area contributed by atoms with Gasteiger partial charge in [-0.2, -0.15) is 0 Å². The van der Waals surface area contributed by atoms with E-state index in [1.807, 2.05) is 31.2 Å². The number of benzene rings is 3. The highest BCUT2D eigenvalue weighted by atomic mass is 16.5. The first kappa shape index (κ1) is 20.9. The van der Waals surface area contributed by atoms with Crippen molar-refractivity contribution in [3.8, 4) is 5.75 Å². The minimum atomic E-state index is -0.710. The molecular formula is C23H22N2O5. The maximum Gasteiger partial charge on any atom is 0.340 e. The number of ether oxygens (including phenoxy) is 2. The number of fused-ring (bicyclic) bond motifs is 1. The van der Waals surface area contributed by atoms with Gasteiger partial charge in [-0.15, -0.1) is 0 Å². The second-order valence-electron chi connectivity index (χ2n) is 6.48. The summed E-state index contributed by atoms with van der Waals surface area (Å²) in [5.74, 6) is -0.998. The summed E-state index contributed by atoms with van der Waals surface area (Å²) >= 11 is 0. The molecule has 0 heterocycles. The topological polar surface area (TPSA) is 93.7 Å². The number of nitrogens with one attached hydrogen (secondary N) is 2. The van der Waals surface area contributed by atoms with E-state index in [4.69, 9.17) is 9.47 Å². The van der Waals surface area contributed by atoms with Crippen molar-refractivity contribution in [1.29, 1.82) is 0 Å². The molecule has 0 aliphatic heterocycles. The number of carbonyl (C=O) groups excluding carboxylic acids is 3. The van der Waals surface area contributed by atoms with Crippen molar-refractivity contribution in [3.63, 3.8) is 0 Å². The lowest BCUT2D eigenvalue weighted by atomic mass is 10.0. The Hall–Kier alpha value is -3.87. The number of rotatable bonds is 7. The summed E-state index contributed by atoms with van der Waals surface area (Å²) in [6, 6.07) is 17.8. The molecule has 3 rings (SSSR count). The predicted molar refractivity (Wildman–Crippen MR) is 115 cm³/mol. The first-order valence-electron chi connectivity index (χ1n) is 9.47. The Morgan fingerprint density at radius 2 is 1.53 bits per heavy atom. The van der Waals surface area contributed by atoms with E-state index in [2.05, 4.69) is 10.6 Å². The SMILES string of the molecule is CCOc1ccccc1NC(=O)COC(=O)c1cc2ccccc2cc1NC(C)=O. The van der Waals surface area contributed by atoms with Crippen LogP contribution in [-0.4, -0.2) is 31.0 Å². The summed E-state index contributed by atoms with van der Waals surface area (Å²) in [4.78, 5) is 36.4. The maximum absolute atomic E-state index is 12.6. The summed E-state index contributed by atoms with van der Waals surface area (Å²) < 4.78 is 10.7. The normalized spacial score (nSPS) is 10.3. The third kappa shape index (κ3) is 5.14. The molecule has 2 N–H and O–H groups in total. The lowest BCUT2D eigenvalue weighted by Crippen LogP contribution is -2.22. The molecule has 30 heavy (non-hydrogen) atoms. The van der Waals surface area contributed by atoms with Gasteiger partial charge in [-0.1, -0.05) is 36.4 Å². The Morgan fingerprint density at radius 3 is 2.23 bits per heavy atom. The number of hydrogen-bond donors (Lipinski definition) is 2. The number of anilines is 2. The van der Waals surface area contributed by atoms with E-state index in [0.717, 1.165) is 10.8 Å². The van der Waals surface area contributed by atoms with E-state index < -0.39 is 18.5 Å². The number of amides is 2. The molecule has 0 saturated heterocycles. The molecule has 3 aromatic rings. The zero-order valence-corrected chi connectivity index (χ0v) is 16.7. The molecule has 0 unspecified atom stereocenters. The zero-order valence-electron chi connectivity index (χ0n) is 16.7. The van der Waals surface area contributed by atoms with Gasteiger partial charge in [0.15, 0.2) is 6.61 Å². The number of hydrogen-bond acceptors (Lipinski definition) is 5. The summed E-state index contributed by atoms with van der Waals surface area (Å²) in [5.41, 5.74) is 0.991. The highest BCUT2D eigenvalue weighted by Gasteiger charge is 2.17. The lowest BCUT2D eigenvalue weighted by Gasteiger charge is -2.13. The van der Waals surface area contributed by atoms with E-state index in [1.54, 1.807) is 36.4 Å². The maximum atomic E-state index is 12.6. The standard InChI is InChI=1S/C23H22N2O5/c1-3-29-21-11-7-6-10-19(21)25-22(27)14-30-23(28)18-12-16-8-4-5-9-17(16)13-20(18)24-15(2)26/h4-13H,3,14H2,1-2H3,(H,24,26)(H,25,27). The average molecular weight is 406 g/mol. The minimum Gasteiger partial charge on any atom is -0.492 e. The van der Waals surface area contributed by atoms with Gasteiger partial charge in [0.05, 0.1) is 23.5 Å². The van der Waals surface area contributed by atoms with E-state index in [0.29, 0.717) is 23.7 Å². The molecule has 0 aliphatic rings. The van der Waals surface area contributed by atoms with Crippen LogP contribution in [0.3, 0.4) is 0 Å². The van der Waals surface area contributed by atoms with Crippen molar-refractivity contribution in [1.82, 2.24) is 0 Å². The molecule has 0 radical (unpaired) electrons. The average Bonchev–Trinajstić information content (AvgIpc) is 2.72. The van der Waals surface area contributed by atoms with Gasteiger partial charge in [0.2, 0.25) is 5.91 Å². The van der Waals surface area contributed by atoms with Gasteiger partial charge in [0, 0.05) is 6.92 Å². The largest absolute Gasteiger partial charge is 0.492 e. The first-order valence-corrected chi connectivity index (χ1v) is 9.47. The third-order valence-electron chi connectivity index (χ3n) is 4.21. The van der Waals surface area contributed by atoms with Crippen molar-refractivity contribution < 1.29 is 23.9 Å². The molecule has 3 aromatic carbocycles. The fraction of sp³-hybridized carbons (Fsp3) is 0.174. The van der Waals surface area contributed by atoms with Gasteiger partial charge in [-0.25, -0.2) is 4.79 Å². The number of esters is 1. The van der Waals surface area contributed by atoms with E-state index in [1.165, 1.54) is 6.92 Å². The Kier molecular flexibility index (Phi) is 6.64. The molecular weight excluding hydrogens is 384 g/mol. The van der Waals surface area contributed by atoms with Crippen molar-refractivity contribution in [2.45, 2.75) is 13.8 Å². The lowest BCUT2D eigenvalue weighted by molar-refractivity contribution is -0.119. The smallest absolute Gasteiger partial charge is 0.340 e. The number of para-hydroxylation sites is 2. The van der Waals surface area contributed by atoms with Gasteiger partial charge in [-0.3, -0.25) is 9.59 Å². The van der Waals surface area contributed by atoms with Crippen LogP contribution in [0.4, 0.5) is 11.4 Å². The van der Waals surface area contributed by atoms with Crippen LogP contribution in [0.25, 0.3) is 10.8 Å². The highest BCUT2D eigenvalue weighted by molar-refractivity contribution is 6.06. The van der Waals surface area contributed by atoms with Crippen LogP contribution in [-0.2, 0) is 14.3 Å². The zero-order chi connectivity index (χ0) is 21.5. The molecule has 0 aliphatic carbocycles. The highest BCUT2D eigenvalue weighted by Crippen LogP contribution is 2.26. The molecule has 154 valence electrons. The summed E-state index contributed by atoms with van der Waals surface area (Å²) in [6.45, 7) is 3.17. The van der Waals surface area contributed by atoms with E-state index >= 15 is 0 Å². The third-order valence-corrected chi connectivity index (χ3v) is 4.21. The monoisotopic (exact) mass is 406 g/mol. The Balaban J connectivity index is 1.73. The minimum absolute atomic E-state index is 0.173. The fourth-order valence-corrected chi connectivity index (χ4v) is 2.95. The van der Waals surface area contributed by atoms with Gasteiger partial charge < -0.3 is 20.1 Å². The fourth-order valence-electron chi connectivity index (χ4n) is 2.95. The van der Waals surface area contributed by atoms with E-state index in [-0.39, 0.29) is 11.5 Å². The second-order valence-corrected chi connectivity index (χ2v) is 6.48. The predicted octanol–water partition coefficient (Wildman–Crippen LogP) is 3.99. The van der Waals surface area contributed by atoms with Crippen LogP contribution < -0.4 is 15.4 Å². The molecule has 0 bridgehead atoms. The summed E-state index contributed by atoms with van der Waals surface area (Å²) in [7, 11) is 0. The van der Waals surface area contributed by atoms with E-state index in [9.17, 15) is 14.4 Å². The Bertz CT molecular complexity index is 1090. The molecule has 0 aromatic heterocycles. The molecule has 0 saturated carbocycles. The molecule has 0 atom stereocenters. The van der Waals surface area contributed by atoms with Crippen LogP contribution in [0.2, 0.25) is 0 Å². The summed E-state index contributed by atoms with van der Waals surface area (Å²) in [5, 5.41) is 6.98. The van der Waals surface area contributed by atoms with Crippen LogP contribution in [0.15, 0.2) is 60.7 Å². The Morgan fingerprint density at radius 1 is 0.867 bits per heavy atom. The molecule has 0 fully saturated rings. The Labute approximate surface area is 174 Å². The van der Waals surface area contributed by atoms with Gasteiger partial charge in [-0.05, 0) is 42.0 Å². The van der Waals surface area contributed by atoms with Crippen molar-refractivity contribution in [2.24, 2.45) is 0 Å². The van der Waals surface area contributed by atoms with Crippen molar-refractivity contribution >= 4 is 39.9 Å². The summed E-state index contributed by atoms with van der Waals surface area (Å²) in [6.07, 6.45) is 0. The molecule has 0 spiro atoms. The van der Waals surface area contributed by atoms with Crippen molar-refractivity contribution in [3.05, 3.63) is 66.2 Å². The van der Waals surface area contributed by atoms with Crippen molar-refractivity contribution in [2.75, 3.05) is 23.8 Å². The number of carbonyl (C=O) groups is 3. The molecule has 7 heteroatoms.